The monoisotopic (exact) mass is 640 g/mol. The minimum Gasteiger partial charge on any atom is -0.479 e. The van der Waals surface area contributed by atoms with Crippen LogP contribution in [-0.4, -0.2) is 53.0 Å². The molecule has 0 radical (unpaired) electrons. The van der Waals surface area contributed by atoms with E-state index in [0.717, 1.165) is 20.7 Å². The number of ether oxygens (including phenoxy) is 1. The lowest BCUT2D eigenvalue weighted by molar-refractivity contribution is -0.165. The Kier molecular flexibility index (Phi) is 10.3. The van der Waals surface area contributed by atoms with E-state index in [4.69, 9.17) is 13.6 Å². The normalized spacial score (nSPS) is 13.9. The summed E-state index contributed by atoms with van der Waals surface area (Å²) in [5.74, 6) is -2.09. The van der Waals surface area contributed by atoms with E-state index in [-0.39, 0.29) is 0 Å². The molecule has 2 atom stereocenters. The lowest BCUT2D eigenvalue weighted by atomic mass is 10.2. The van der Waals surface area contributed by atoms with Crippen LogP contribution in [0.3, 0.4) is 0 Å². The molecule has 0 bridgehead atoms. The van der Waals surface area contributed by atoms with Gasteiger partial charge in [0.1, 0.15) is 0 Å². The molecular formula is C37H44O6Si2. The van der Waals surface area contributed by atoms with Crippen LogP contribution in [0.2, 0.25) is 10.1 Å². The highest BCUT2D eigenvalue weighted by atomic mass is 28.4. The van der Waals surface area contributed by atoms with Crippen molar-refractivity contribution in [3.63, 3.8) is 0 Å². The number of methoxy groups -OCH3 is 1. The highest BCUT2D eigenvalue weighted by Crippen LogP contribution is 2.41. The molecule has 0 saturated carbocycles. The molecule has 0 fully saturated rings. The molecule has 6 nitrogen and oxygen atoms in total. The standard InChI is InChI=1S/C37H44O6Si2/c1-36(2,3)44(28-20-12-8-13-21-28,29-22-14-9-15-23-29)42-32(34(38)39)33(35(40)41-7)43-45(37(4,5)6,30-24-16-10-17-25-30)31-26-18-11-19-27-31/h8-27,32-33H,1-7H3,(H,38,39)/t32-,33-/m1/s1. The first-order valence-corrected chi connectivity index (χ1v) is 19.0. The van der Waals surface area contributed by atoms with Crippen LogP contribution in [0.1, 0.15) is 41.5 Å². The Morgan fingerprint density at radius 1 is 0.533 bits per heavy atom. The van der Waals surface area contributed by atoms with Gasteiger partial charge >= 0.3 is 11.9 Å². The maximum atomic E-state index is 13.9. The van der Waals surface area contributed by atoms with Crippen LogP contribution in [0.4, 0.5) is 0 Å². The van der Waals surface area contributed by atoms with Gasteiger partial charge in [-0.25, -0.2) is 9.59 Å². The third-order valence-corrected chi connectivity index (χ3v) is 18.4. The summed E-state index contributed by atoms with van der Waals surface area (Å²) in [6.45, 7) is 12.4. The second-order valence-electron chi connectivity index (χ2n) is 13.3. The van der Waals surface area contributed by atoms with Gasteiger partial charge < -0.3 is 18.7 Å². The Hall–Kier alpha value is -3.83. The third-order valence-electron chi connectivity index (χ3n) is 8.39. The van der Waals surface area contributed by atoms with E-state index in [1.807, 2.05) is 121 Å². The first-order valence-electron chi connectivity index (χ1n) is 15.2. The van der Waals surface area contributed by atoms with Crippen molar-refractivity contribution >= 4 is 49.3 Å². The smallest absolute Gasteiger partial charge is 0.337 e. The van der Waals surface area contributed by atoms with Crippen molar-refractivity contribution in [2.24, 2.45) is 0 Å². The second kappa shape index (κ2) is 13.7. The van der Waals surface area contributed by atoms with Crippen LogP contribution in [0, 0.1) is 0 Å². The summed E-state index contributed by atoms with van der Waals surface area (Å²) >= 11 is 0. The number of esters is 1. The van der Waals surface area contributed by atoms with Crippen LogP contribution >= 0.6 is 0 Å². The van der Waals surface area contributed by atoms with E-state index in [1.54, 1.807) is 0 Å². The highest BCUT2D eigenvalue weighted by molar-refractivity contribution is 7.00. The second-order valence-corrected chi connectivity index (χ2v) is 21.8. The molecule has 8 heteroatoms. The summed E-state index contributed by atoms with van der Waals surface area (Å²) in [6, 6.07) is 39.1. The lowest BCUT2D eigenvalue weighted by Gasteiger charge is -2.48. The molecule has 0 heterocycles. The van der Waals surface area contributed by atoms with Crippen LogP contribution in [0.15, 0.2) is 121 Å². The zero-order valence-corrected chi connectivity index (χ0v) is 29.2. The topological polar surface area (TPSA) is 82.1 Å². The highest BCUT2D eigenvalue weighted by Gasteiger charge is 2.58. The quantitative estimate of drug-likeness (QED) is 0.181. The van der Waals surface area contributed by atoms with Crippen LogP contribution in [-0.2, 0) is 23.2 Å². The van der Waals surface area contributed by atoms with E-state index in [0.29, 0.717) is 0 Å². The molecule has 1 N–H and O–H groups in total. The van der Waals surface area contributed by atoms with Crippen LogP contribution in [0.5, 0.6) is 0 Å². The molecule has 0 amide bonds. The fourth-order valence-electron chi connectivity index (χ4n) is 6.35. The number of aliphatic carboxylic acids is 1. The van der Waals surface area contributed by atoms with Crippen molar-refractivity contribution in [2.75, 3.05) is 7.11 Å². The van der Waals surface area contributed by atoms with Crippen LogP contribution in [0.25, 0.3) is 0 Å². The Balaban J connectivity index is 2.01. The van der Waals surface area contributed by atoms with Gasteiger partial charge in [0.2, 0.25) is 0 Å². The summed E-state index contributed by atoms with van der Waals surface area (Å²) in [7, 11) is -5.58. The number of rotatable bonds is 11. The number of carbonyl (C=O) groups is 2. The minimum absolute atomic E-state index is 0.525. The van der Waals surface area contributed by atoms with Gasteiger partial charge in [0.05, 0.1) is 7.11 Å². The molecule has 0 aliphatic rings. The van der Waals surface area contributed by atoms with Crippen molar-refractivity contribution in [1.82, 2.24) is 0 Å². The first-order chi connectivity index (χ1) is 21.3. The molecule has 0 aromatic heterocycles. The van der Waals surface area contributed by atoms with E-state index in [9.17, 15) is 14.7 Å². The van der Waals surface area contributed by atoms with Crippen LogP contribution < -0.4 is 20.7 Å². The first kappa shape index (κ1) is 34.1. The van der Waals surface area contributed by atoms with Crippen molar-refractivity contribution < 1.29 is 28.3 Å². The van der Waals surface area contributed by atoms with Gasteiger partial charge in [-0.2, -0.15) is 0 Å². The molecule has 4 aromatic carbocycles. The van der Waals surface area contributed by atoms with Gasteiger partial charge in [-0.15, -0.1) is 0 Å². The number of carboxylic acids is 1. The number of hydrogen-bond donors (Lipinski definition) is 1. The Labute approximate surface area is 269 Å². The molecule has 0 unspecified atom stereocenters. The van der Waals surface area contributed by atoms with Gasteiger partial charge in [0, 0.05) is 0 Å². The van der Waals surface area contributed by atoms with Crippen molar-refractivity contribution in [2.45, 2.75) is 63.8 Å². The van der Waals surface area contributed by atoms with Gasteiger partial charge in [-0.05, 0) is 30.8 Å². The molecule has 0 aliphatic heterocycles. The fourth-order valence-corrected chi connectivity index (χ4v) is 15.6. The third kappa shape index (κ3) is 6.60. The predicted octanol–water partition coefficient (Wildman–Crippen LogP) is 5.13. The van der Waals surface area contributed by atoms with Crippen molar-refractivity contribution in [3.8, 4) is 0 Å². The molecule has 0 spiro atoms. The van der Waals surface area contributed by atoms with E-state index in [2.05, 4.69) is 41.5 Å². The number of carbonyl (C=O) groups excluding carboxylic acids is 1. The molecule has 4 aromatic rings. The predicted molar refractivity (Wildman–Crippen MR) is 185 cm³/mol. The van der Waals surface area contributed by atoms with Gasteiger partial charge in [-0.1, -0.05) is 163 Å². The Morgan fingerprint density at radius 3 is 1.02 bits per heavy atom. The van der Waals surface area contributed by atoms with E-state index in [1.165, 1.54) is 7.11 Å². The molecule has 236 valence electrons. The zero-order valence-electron chi connectivity index (χ0n) is 27.2. The SMILES string of the molecule is COC(=O)[C@H](O[Si](c1ccccc1)(c1ccccc1)C(C)(C)C)[C@@H](O[Si](c1ccccc1)(c1ccccc1)C(C)(C)C)C(=O)O. The summed E-state index contributed by atoms with van der Waals surface area (Å²) in [6.07, 6.45) is -3.24. The molecule has 0 aliphatic carbocycles. The minimum atomic E-state index is -3.43. The molecule has 4 rings (SSSR count). The molecule has 45 heavy (non-hydrogen) atoms. The number of benzene rings is 4. The van der Waals surface area contributed by atoms with Gasteiger partial charge in [0.25, 0.3) is 16.6 Å². The number of carboxylic acid groups (broad SMARTS) is 1. The summed E-state index contributed by atoms with van der Waals surface area (Å²) in [4.78, 5) is 27.3. The summed E-state index contributed by atoms with van der Waals surface area (Å²) < 4.78 is 19.6. The average Bonchev–Trinajstić information content (AvgIpc) is 3.03. The van der Waals surface area contributed by atoms with E-state index >= 15 is 0 Å². The fraction of sp³-hybridized carbons (Fsp3) is 0.297. The Bertz CT molecular complexity index is 1470. The number of hydrogen-bond acceptors (Lipinski definition) is 5. The summed E-state index contributed by atoms with van der Waals surface area (Å²) in [5, 5.41) is 13.5. The van der Waals surface area contributed by atoms with E-state index < -0.39 is 50.9 Å². The van der Waals surface area contributed by atoms with Gasteiger partial charge in [-0.3, -0.25) is 0 Å². The maximum Gasteiger partial charge on any atom is 0.337 e. The largest absolute Gasteiger partial charge is 0.479 e. The van der Waals surface area contributed by atoms with Crippen molar-refractivity contribution in [3.05, 3.63) is 121 Å². The lowest BCUT2D eigenvalue weighted by Crippen LogP contribution is -2.72. The summed E-state index contributed by atoms with van der Waals surface area (Å²) in [5.41, 5.74) is 0. The average molecular weight is 641 g/mol. The maximum absolute atomic E-state index is 13.9. The molecular weight excluding hydrogens is 597 g/mol. The van der Waals surface area contributed by atoms with Crippen molar-refractivity contribution in [1.29, 1.82) is 0 Å². The molecule has 0 saturated heterocycles. The zero-order chi connectivity index (χ0) is 32.9. The Morgan fingerprint density at radius 2 is 0.800 bits per heavy atom. The van der Waals surface area contributed by atoms with Gasteiger partial charge in [0.15, 0.2) is 12.2 Å².